The maximum atomic E-state index is 12.5. The molecule has 3 aromatic carbocycles. The molecule has 0 aliphatic heterocycles. The average molecular weight is 520 g/mol. The monoisotopic (exact) mass is 519 g/mol. The third-order valence-electron chi connectivity index (χ3n) is 5.28. The van der Waals surface area contributed by atoms with Gasteiger partial charge in [0.05, 0.1) is 23.3 Å². The molecule has 10 nitrogen and oxygen atoms in total. The van der Waals surface area contributed by atoms with Gasteiger partial charge in [-0.25, -0.2) is 10.2 Å². The number of ether oxygens (including phenoxy) is 3. The van der Waals surface area contributed by atoms with E-state index in [1.807, 2.05) is 24.3 Å². The second-order valence-electron chi connectivity index (χ2n) is 9.19. The van der Waals surface area contributed by atoms with E-state index in [2.05, 4.69) is 31.3 Å². The van der Waals surface area contributed by atoms with Crippen LogP contribution in [0.5, 0.6) is 17.2 Å². The quantitative estimate of drug-likeness (QED) is 0.131. The van der Waals surface area contributed by atoms with Crippen LogP contribution in [-0.2, 0) is 10.2 Å². The summed E-state index contributed by atoms with van der Waals surface area (Å²) in [5.74, 6) is -0.0814. The number of carbonyl (C=O) groups is 2. The van der Waals surface area contributed by atoms with Gasteiger partial charge in [-0.15, -0.1) is 0 Å². The molecule has 0 spiro atoms. The number of rotatable bonds is 10. The van der Waals surface area contributed by atoms with Gasteiger partial charge in [-0.2, -0.15) is 5.10 Å². The molecule has 10 heteroatoms. The van der Waals surface area contributed by atoms with Gasteiger partial charge in [0.2, 0.25) is 0 Å². The Balaban J connectivity index is 1.57. The van der Waals surface area contributed by atoms with Crippen molar-refractivity contribution in [2.75, 3.05) is 13.2 Å². The maximum absolute atomic E-state index is 12.5. The Morgan fingerprint density at radius 3 is 2.26 bits per heavy atom. The number of esters is 1. The van der Waals surface area contributed by atoms with Crippen molar-refractivity contribution >= 4 is 23.8 Å². The lowest BCUT2D eigenvalue weighted by molar-refractivity contribution is -0.384. The summed E-state index contributed by atoms with van der Waals surface area (Å²) in [5, 5.41) is 14.7. The van der Waals surface area contributed by atoms with E-state index in [0.29, 0.717) is 23.7 Å². The first-order valence-corrected chi connectivity index (χ1v) is 11.9. The molecule has 0 heterocycles. The van der Waals surface area contributed by atoms with Crippen molar-refractivity contribution in [3.05, 3.63) is 93.5 Å². The predicted octanol–water partition coefficient (Wildman–Crippen LogP) is 5.04. The Kier molecular flexibility index (Phi) is 9.15. The molecule has 1 amide bonds. The standard InChI is InChI=1S/C28H29N3O7/c1-5-36-25-16-19(6-15-24(25)38-27(33)20-7-11-22(12-8-20)31(34)35)17-29-30-26(32)18-37-23-13-9-21(10-14-23)28(2,3)4/h6-17H,5,18H2,1-4H3,(H,30,32)/b29-17+. The fourth-order valence-electron chi connectivity index (χ4n) is 3.25. The number of hydrogen-bond donors (Lipinski definition) is 1. The summed E-state index contributed by atoms with van der Waals surface area (Å²) in [6.07, 6.45) is 1.42. The molecular formula is C28H29N3O7. The molecule has 0 atom stereocenters. The maximum Gasteiger partial charge on any atom is 0.343 e. The van der Waals surface area contributed by atoms with Crippen LogP contribution in [0, 0.1) is 10.1 Å². The van der Waals surface area contributed by atoms with E-state index in [4.69, 9.17) is 14.2 Å². The number of hydrogen-bond acceptors (Lipinski definition) is 8. The third-order valence-corrected chi connectivity index (χ3v) is 5.28. The molecule has 0 fully saturated rings. The van der Waals surface area contributed by atoms with Crippen molar-refractivity contribution < 1.29 is 28.7 Å². The molecule has 0 saturated heterocycles. The van der Waals surface area contributed by atoms with Crippen LogP contribution in [0.1, 0.15) is 49.2 Å². The van der Waals surface area contributed by atoms with E-state index in [1.165, 1.54) is 36.5 Å². The Labute approximate surface area is 220 Å². The number of nitro groups is 1. The first-order chi connectivity index (χ1) is 18.1. The van der Waals surface area contributed by atoms with Gasteiger partial charge in [0, 0.05) is 12.1 Å². The third kappa shape index (κ3) is 7.89. The fraction of sp³-hybridized carbons (Fsp3) is 0.250. The van der Waals surface area contributed by atoms with Crippen molar-refractivity contribution in [2.45, 2.75) is 33.1 Å². The summed E-state index contributed by atoms with van der Waals surface area (Å²) in [7, 11) is 0. The minimum Gasteiger partial charge on any atom is -0.490 e. The molecule has 38 heavy (non-hydrogen) atoms. The smallest absolute Gasteiger partial charge is 0.343 e. The van der Waals surface area contributed by atoms with Crippen molar-refractivity contribution in [3.8, 4) is 17.2 Å². The Hall–Kier alpha value is -4.73. The zero-order valence-electron chi connectivity index (χ0n) is 21.6. The van der Waals surface area contributed by atoms with Crippen molar-refractivity contribution in [3.63, 3.8) is 0 Å². The summed E-state index contributed by atoms with van der Waals surface area (Å²) in [4.78, 5) is 34.8. The van der Waals surface area contributed by atoms with E-state index in [0.717, 1.165) is 5.56 Å². The second-order valence-corrected chi connectivity index (χ2v) is 9.19. The zero-order valence-corrected chi connectivity index (χ0v) is 21.6. The molecule has 0 bridgehead atoms. The highest BCUT2D eigenvalue weighted by atomic mass is 16.6. The number of non-ortho nitro benzene ring substituents is 1. The second kappa shape index (κ2) is 12.5. The molecule has 1 N–H and O–H groups in total. The van der Waals surface area contributed by atoms with E-state index >= 15 is 0 Å². The molecule has 0 aliphatic rings. The first kappa shape index (κ1) is 27.9. The van der Waals surface area contributed by atoms with Crippen molar-refractivity contribution in [1.82, 2.24) is 5.43 Å². The lowest BCUT2D eigenvalue weighted by Gasteiger charge is -2.19. The summed E-state index contributed by atoms with van der Waals surface area (Å²) in [5.41, 5.74) is 4.20. The number of nitrogens with zero attached hydrogens (tertiary/aromatic N) is 2. The largest absolute Gasteiger partial charge is 0.490 e. The van der Waals surface area contributed by atoms with Gasteiger partial charge < -0.3 is 14.2 Å². The van der Waals surface area contributed by atoms with Gasteiger partial charge in [-0.05, 0) is 65.9 Å². The minimum atomic E-state index is -0.692. The van der Waals surface area contributed by atoms with Gasteiger partial charge in [-0.3, -0.25) is 14.9 Å². The summed E-state index contributed by atoms with van der Waals surface area (Å²) < 4.78 is 16.5. The molecular weight excluding hydrogens is 490 g/mol. The number of benzene rings is 3. The Morgan fingerprint density at radius 2 is 1.66 bits per heavy atom. The van der Waals surface area contributed by atoms with Crippen LogP contribution in [0.15, 0.2) is 71.8 Å². The van der Waals surface area contributed by atoms with Crippen LogP contribution in [0.2, 0.25) is 0 Å². The molecule has 198 valence electrons. The number of hydrazone groups is 1. The number of carbonyl (C=O) groups excluding carboxylic acids is 2. The van der Waals surface area contributed by atoms with Crippen LogP contribution in [0.4, 0.5) is 5.69 Å². The van der Waals surface area contributed by atoms with Gasteiger partial charge in [0.15, 0.2) is 18.1 Å². The van der Waals surface area contributed by atoms with Crippen LogP contribution in [0.3, 0.4) is 0 Å². The van der Waals surface area contributed by atoms with E-state index < -0.39 is 16.8 Å². The molecule has 3 aromatic rings. The Bertz CT molecular complexity index is 1310. The van der Waals surface area contributed by atoms with Crippen LogP contribution >= 0.6 is 0 Å². The van der Waals surface area contributed by atoms with Gasteiger partial charge in [-0.1, -0.05) is 32.9 Å². The van der Waals surface area contributed by atoms with Gasteiger partial charge in [0.25, 0.3) is 11.6 Å². The van der Waals surface area contributed by atoms with E-state index in [-0.39, 0.29) is 29.0 Å². The van der Waals surface area contributed by atoms with Crippen LogP contribution in [-0.4, -0.2) is 36.2 Å². The normalized spacial score (nSPS) is 11.2. The average Bonchev–Trinajstić information content (AvgIpc) is 2.88. The van der Waals surface area contributed by atoms with Crippen molar-refractivity contribution in [2.24, 2.45) is 5.10 Å². The molecule has 0 saturated carbocycles. The first-order valence-electron chi connectivity index (χ1n) is 11.9. The molecule has 0 unspecified atom stereocenters. The minimum absolute atomic E-state index is 0.0275. The predicted molar refractivity (Wildman–Crippen MR) is 142 cm³/mol. The number of nitrogens with one attached hydrogen (secondary N) is 1. The highest BCUT2D eigenvalue weighted by Crippen LogP contribution is 2.29. The molecule has 0 aliphatic carbocycles. The van der Waals surface area contributed by atoms with Crippen LogP contribution < -0.4 is 19.6 Å². The molecule has 0 radical (unpaired) electrons. The lowest BCUT2D eigenvalue weighted by Crippen LogP contribution is -2.24. The summed E-state index contributed by atoms with van der Waals surface area (Å²) >= 11 is 0. The van der Waals surface area contributed by atoms with Crippen molar-refractivity contribution in [1.29, 1.82) is 0 Å². The molecule has 3 rings (SSSR count). The van der Waals surface area contributed by atoms with Crippen LogP contribution in [0.25, 0.3) is 0 Å². The van der Waals surface area contributed by atoms with E-state index in [1.54, 1.807) is 19.1 Å². The lowest BCUT2D eigenvalue weighted by atomic mass is 9.87. The number of nitro benzene ring substituents is 1. The highest BCUT2D eigenvalue weighted by Gasteiger charge is 2.15. The molecule has 0 aromatic heterocycles. The zero-order chi connectivity index (χ0) is 27.7. The Morgan fingerprint density at radius 1 is 0.974 bits per heavy atom. The topological polar surface area (TPSA) is 129 Å². The number of amides is 1. The summed E-state index contributed by atoms with van der Waals surface area (Å²) in [6.45, 7) is 8.25. The van der Waals surface area contributed by atoms with E-state index in [9.17, 15) is 19.7 Å². The SMILES string of the molecule is CCOc1cc(/C=N/NC(=O)COc2ccc(C(C)(C)C)cc2)ccc1OC(=O)c1ccc([N+](=O)[O-])cc1. The fourth-order valence-corrected chi connectivity index (χ4v) is 3.25. The summed E-state index contributed by atoms with van der Waals surface area (Å²) in [6, 6.07) is 17.4. The van der Waals surface area contributed by atoms with Gasteiger partial charge in [0.1, 0.15) is 5.75 Å². The highest BCUT2D eigenvalue weighted by molar-refractivity contribution is 5.92. The van der Waals surface area contributed by atoms with Gasteiger partial charge >= 0.3 is 5.97 Å².